The van der Waals surface area contributed by atoms with E-state index in [-0.39, 0.29) is 29.3 Å². The van der Waals surface area contributed by atoms with Crippen molar-refractivity contribution in [1.29, 1.82) is 0 Å². The maximum absolute atomic E-state index is 11.9. The fourth-order valence-corrected chi connectivity index (χ4v) is 2.75. The lowest BCUT2D eigenvalue weighted by atomic mass is 10.2. The van der Waals surface area contributed by atoms with Crippen LogP contribution in [0, 0.1) is 0 Å². The topological polar surface area (TPSA) is 130 Å². The van der Waals surface area contributed by atoms with Gasteiger partial charge in [0.15, 0.2) is 11.2 Å². The fraction of sp³-hybridized carbons (Fsp3) is 0.545. The number of aromatic nitrogens is 4. The number of hydrogen-bond donors (Lipinski definition) is 3. The molecule has 0 aromatic carbocycles. The predicted octanol–water partition coefficient (Wildman–Crippen LogP) is -1.50. The van der Waals surface area contributed by atoms with Gasteiger partial charge in [0.1, 0.15) is 12.3 Å². The van der Waals surface area contributed by atoms with Crippen LogP contribution in [0.25, 0.3) is 11.2 Å². The van der Waals surface area contributed by atoms with Crippen LogP contribution in [0.2, 0.25) is 0 Å². The molecule has 0 bridgehead atoms. The smallest absolute Gasteiger partial charge is 0.279 e. The maximum Gasteiger partial charge on any atom is 0.279 e. The van der Waals surface area contributed by atoms with E-state index >= 15 is 0 Å². The van der Waals surface area contributed by atoms with E-state index < -0.39 is 34.8 Å². The summed E-state index contributed by atoms with van der Waals surface area (Å²) in [6, 6.07) is 0. The van der Waals surface area contributed by atoms with Gasteiger partial charge in [0.2, 0.25) is 5.16 Å². The van der Waals surface area contributed by atoms with Crippen LogP contribution in [-0.2, 0) is 15.5 Å². The molecule has 1 aliphatic rings. The van der Waals surface area contributed by atoms with Crippen molar-refractivity contribution in [3.63, 3.8) is 0 Å². The number of rotatable bonds is 3. The summed E-state index contributed by atoms with van der Waals surface area (Å²) in [6.07, 6.45) is 0.952. The van der Waals surface area contributed by atoms with Gasteiger partial charge in [0.25, 0.3) is 5.56 Å². The summed E-state index contributed by atoms with van der Waals surface area (Å²) in [6.45, 7) is -0.303. The second-order valence-corrected chi connectivity index (χ2v) is 6.06. The van der Waals surface area contributed by atoms with Gasteiger partial charge in [-0.1, -0.05) is 0 Å². The number of fused-ring (bicyclic) bond motifs is 1. The van der Waals surface area contributed by atoms with E-state index in [9.17, 15) is 14.1 Å². The summed E-state index contributed by atoms with van der Waals surface area (Å²) >= 11 is 0. The second kappa shape index (κ2) is 5.30. The van der Waals surface area contributed by atoms with Gasteiger partial charge in [-0.2, -0.15) is 0 Å². The van der Waals surface area contributed by atoms with E-state index in [0.29, 0.717) is 0 Å². The fourth-order valence-electron chi connectivity index (χ4n) is 2.30. The number of H-pyrrole nitrogens is 1. The molecule has 0 radical (unpaired) electrons. The van der Waals surface area contributed by atoms with Gasteiger partial charge in [-0.05, 0) is 0 Å². The van der Waals surface area contributed by atoms with Crippen molar-refractivity contribution in [2.45, 2.75) is 30.0 Å². The normalized spacial score (nSPS) is 27.3. The minimum Gasteiger partial charge on any atom is -0.394 e. The highest BCUT2D eigenvalue weighted by atomic mass is 32.2. The first-order chi connectivity index (χ1) is 10.0. The van der Waals surface area contributed by atoms with Gasteiger partial charge in [-0.25, -0.2) is 9.97 Å². The summed E-state index contributed by atoms with van der Waals surface area (Å²) in [5, 5.41) is 18.9. The van der Waals surface area contributed by atoms with Crippen LogP contribution in [0.4, 0.5) is 0 Å². The van der Waals surface area contributed by atoms with Crippen LogP contribution < -0.4 is 5.56 Å². The number of nitrogens with one attached hydrogen (secondary N) is 1. The van der Waals surface area contributed by atoms with Crippen LogP contribution in [0.3, 0.4) is 0 Å². The number of aliphatic hydroxyl groups excluding tert-OH is 2. The molecule has 1 unspecified atom stereocenters. The molecule has 4 atom stereocenters. The Kier molecular flexibility index (Phi) is 3.61. The lowest BCUT2D eigenvalue weighted by molar-refractivity contribution is -0.0432. The summed E-state index contributed by atoms with van der Waals surface area (Å²) < 4.78 is 18.5. The maximum atomic E-state index is 11.9. The quantitative estimate of drug-likeness (QED) is 0.587. The van der Waals surface area contributed by atoms with Gasteiger partial charge in [-0.3, -0.25) is 18.6 Å². The first-order valence-corrected chi connectivity index (χ1v) is 7.81. The van der Waals surface area contributed by atoms with Crippen molar-refractivity contribution >= 4 is 22.0 Å². The van der Waals surface area contributed by atoms with Crippen molar-refractivity contribution in [3.05, 3.63) is 16.7 Å². The predicted molar refractivity (Wildman–Crippen MR) is 72.1 cm³/mol. The van der Waals surface area contributed by atoms with Gasteiger partial charge < -0.3 is 14.9 Å². The Morgan fingerprint density at radius 3 is 3.00 bits per heavy atom. The highest BCUT2D eigenvalue weighted by Crippen LogP contribution is 2.30. The van der Waals surface area contributed by atoms with Crippen LogP contribution in [0.5, 0.6) is 0 Å². The molecule has 114 valence electrons. The first-order valence-electron chi connectivity index (χ1n) is 6.26. The first kappa shape index (κ1) is 14.3. The summed E-state index contributed by atoms with van der Waals surface area (Å²) in [5.41, 5.74) is -0.143. The Morgan fingerprint density at radius 2 is 2.38 bits per heavy atom. The monoisotopic (exact) mass is 316 g/mol. The minimum atomic E-state index is -1.44. The van der Waals surface area contributed by atoms with Crippen molar-refractivity contribution in [2.75, 3.05) is 12.9 Å². The zero-order valence-corrected chi connectivity index (χ0v) is 11.9. The van der Waals surface area contributed by atoms with Crippen LogP contribution >= 0.6 is 0 Å². The Hall–Kier alpha value is -1.62. The second-order valence-electron chi connectivity index (χ2n) is 4.76. The number of aliphatic hydroxyl groups is 2. The molecule has 3 heterocycles. The van der Waals surface area contributed by atoms with E-state index in [4.69, 9.17) is 9.84 Å². The minimum absolute atomic E-state index is 0.0477. The highest BCUT2D eigenvalue weighted by molar-refractivity contribution is 7.84. The molecule has 3 rings (SSSR count). The third-order valence-corrected chi connectivity index (χ3v) is 4.12. The van der Waals surface area contributed by atoms with Gasteiger partial charge in [0.05, 0.1) is 29.8 Å². The van der Waals surface area contributed by atoms with Crippen molar-refractivity contribution < 1.29 is 19.2 Å². The lowest BCUT2D eigenvalue weighted by Crippen LogP contribution is -2.24. The average molecular weight is 316 g/mol. The molecule has 2 aromatic heterocycles. The summed E-state index contributed by atoms with van der Waals surface area (Å²) in [5.74, 6) is 0. The van der Waals surface area contributed by atoms with Gasteiger partial charge in [-0.15, -0.1) is 0 Å². The number of aromatic amines is 1. The van der Waals surface area contributed by atoms with Gasteiger partial charge in [0, 0.05) is 12.7 Å². The molecule has 1 fully saturated rings. The van der Waals surface area contributed by atoms with E-state index in [0.717, 1.165) is 0 Å². The summed E-state index contributed by atoms with van der Waals surface area (Å²) in [4.78, 5) is 22.4. The van der Waals surface area contributed by atoms with Crippen LogP contribution in [0.1, 0.15) is 12.6 Å². The lowest BCUT2D eigenvalue weighted by Gasteiger charge is -2.13. The van der Waals surface area contributed by atoms with Crippen molar-refractivity contribution in [1.82, 2.24) is 19.5 Å². The Labute approximate surface area is 121 Å². The largest absolute Gasteiger partial charge is 0.394 e. The van der Waals surface area contributed by atoms with Crippen LogP contribution in [-0.4, -0.2) is 59.0 Å². The van der Waals surface area contributed by atoms with E-state index in [1.165, 1.54) is 17.2 Å². The molecule has 1 aliphatic heterocycles. The van der Waals surface area contributed by atoms with E-state index in [1.807, 2.05) is 0 Å². The Balaban J connectivity index is 2.08. The zero-order chi connectivity index (χ0) is 15.1. The van der Waals surface area contributed by atoms with Gasteiger partial charge >= 0.3 is 0 Å². The standard InChI is InChI=1S/C11H14N4O5S/c1-21(19)11-13-9-8(10(18)14-11)12-4-15(9)7-2-5(17)6(3-16)20-7/h4-7,16-17H,2-3H2,1H3,(H,13,14,18)/t5-,6+,7+,21?/m0/s1/i13+1,14+1. The highest BCUT2D eigenvalue weighted by Gasteiger charge is 2.35. The molecule has 10 heteroatoms. The molecule has 1 saturated heterocycles. The molecule has 2 aromatic rings. The van der Waals surface area contributed by atoms with Crippen LogP contribution in [0.15, 0.2) is 16.3 Å². The SMILES string of the molecule is CS(=O)c1[15n]c2c(ncn2[C@H]2C[C@H](O)[C@@H](CO)O2)c(=O)[15nH]1. The Bertz CT molecular complexity index is 757. The molecule has 21 heavy (non-hydrogen) atoms. The summed E-state index contributed by atoms with van der Waals surface area (Å²) in [7, 11) is -1.44. The molecule has 0 saturated carbocycles. The molecular weight excluding hydrogens is 302 g/mol. The zero-order valence-electron chi connectivity index (χ0n) is 11.1. The molecule has 0 spiro atoms. The molecule has 9 nitrogen and oxygen atoms in total. The van der Waals surface area contributed by atoms with Crippen molar-refractivity contribution in [3.8, 4) is 0 Å². The molecule has 3 N–H and O–H groups in total. The number of nitrogens with zero attached hydrogens (tertiary/aromatic N) is 3. The van der Waals surface area contributed by atoms with Crippen molar-refractivity contribution in [2.24, 2.45) is 0 Å². The number of hydrogen-bond acceptors (Lipinski definition) is 7. The third-order valence-electron chi connectivity index (χ3n) is 3.38. The van der Waals surface area contributed by atoms with E-state index in [1.54, 1.807) is 0 Å². The Morgan fingerprint density at radius 1 is 1.62 bits per heavy atom. The average Bonchev–Trinajstić information content (AvgIpc) is 3.01. The number of imidazole rings is 1. The molecule has 0 amide bonds. The third kappa shape index (κ3) is 2.39. The van der Waals surface area contributed by atoms with E-state index in [2.05, 4.69) is 15.0 Å². The number of ether oxygens (including phenoxy) is 1. The molecule has 0 aliphatic carbocycles. The molecular formula is C11H14N4O5S.